The van der Waals surface area contributed by atoms with Gasteiger partial charge in [0.1, 0.15) is 5.60 Å². The Morgan fingerprint density at radius 1 is 1.27 bits per heavy atom. The van der Waals surface area contributed by atoms with Crippen molar-refractivity contribution in [2.24, 2.45) is 0 Å². The topological polar surface area (TPSA) is 106 Å². The summed E-state index contributed by atoms with van der Waals surface area (Å²) in [6.07, 6.45) is 3.39. The van der Waals surface area contributed by atoms with Crippen molar-refractivity contribution in [3.8, 4) is 0 Å². The van der Waals surface area contributed by atoms with Crippen molar-refractivity contribution >= 4 is 16.1 Å². The number of nitrogens with zero attached hydrogens (tertiary/aromatic N) is 1. The highest BCUT2D eigenvalue weighted by molar-refractivity contribution is 7.85. The van der Waals surface area contributed by atoms with Crippen LogP contribution in [0.3, 0.4) is 0 Å². The van der Waals surface area contributed by atoms with Crippen LogP contribution in [0.2, 0.25) is 0 Å². The maximum atomic E-state index is 12.5. The molecule has 1 aliphatic heterocycles. The normalized spacial score (nSPS) is 16.7. The summed E-state index contributed by atoms with van der Waals surface area (Å²) in [4.78, 5) is 16.7. The zero-order chi connectivity index (χ0) is 21.9. The van der Waals surface area contributed by atoms with E-state index in [4.69, 9.17) is 4.74 Å². The molecule has 8 heteroatoms. The van der Waals surface area contributed by atoms with E-state index in [0.29, 0.717) is 18.7 Å². The van der Waals surface area contributed by atoms with Gasteiger partial charge in [0.2, 0.25) is 0 Å². The summed E-state index contributed by atoms with van der Waals surface area (Å²) < 4.78 is 38.7. The molecule has 162 valence electrons. The predicted octanol–water partition coefficient (Wildman–Crippen LogP) is 3.32. The van der Waals surface area contributed by atoms with Crippen molar-refractivity contribution in [2.45, 2.75) is 69.7 Å². The summed E-state index contributed by atoms with van der Waals surface area (Å²) in [5.41, 5.74) is 1.56. The van der Waals surface area contributed by atoms with E-state index in [0.717, 1.165) is 24.8 Å². The van der Waals surface area contributed by atoms with Crippen LogP contribution in [0.5, 0.6) is 0 Å². The number of rotatable bonds is 6. The van der Waals surface area contributed by atoms with Gasteiger partial charge >= 0.3 is 16.1 Å². The molecular weight excluding hydrogens is 404 g/mol. The third-order valence-corrected chi connectivity index (χ3v) is 5.70. The molecule has 30 heavy (non-hydrogen) atoms. The molecule has 2 heterocycles. The molecule has 1 aliphatic rings. The van der Waals surface area contributed by atoms with Crippen molar-refractivity contribution in [1.29, 1.82) is 0 Å². The number of hydrogen-bond donors (Lipinski definition) is 2. The van der Waals surface area contributed by atoms with Gasteiger partial charge in [0.15, 0.2) is 5.03 Å². The summed E-state index contributed by atoms with van der Waals surface area (Å²) in [7, 11) is -4.67. The molecule has 3 rings (SSSR count). The standard InChI is InChI=1S/C22H28N2O5S/c1-22(2,3)29-21(25)18-12-16-14-23-17(11-7-10-15-8-5-4-6-9-15)13-19(16)24-20(18)30(26,27)28/h4-6,8-9,12,17,23H,7,10-11,13-14H2,1-3H3,(H,26,27,28). The molecule has 0 spiro atoms. The molecule has 0 radical (unpaired) electrons. The van der Waals surface area contributed by atoms with Gasteiger partial charge in [-0.1, -0.05) is 30.3 Å². The number of ether oxygens (including phenoxy) is 1. The summed E-state index contributed by atoms with van der Waals surface area (Å²) in [5.74, 6) is -0.824. The second-order valence-electron chi connectivity index (χ2n) is 8.58. The molecular formula is C22H28N2O5S. The predicted molar refractivity (Wildman–Crippen MR) is 113 cm³/mol. The smallest absolute Gasteiger partial charge is 0.341 e. The van der Waals surface area contributed by atoms with Crippen LogP contribution in [0.15, 0.2) is 41.4 Å². The summed E-state index contributed by atoms with van der Waals surface area (Å²) in [6, 6.07) is 11.8. The fourth-order valence-electron chi connectivity index (χ4n) is 3.54. The zero-order valence-electron chi connectivity index (χ0n) is 17.5. The minimum atomic E-state index is -4.67. The highest BCUT2D eigenvalue weighted by Gasteiger charge is 2.30. The van der Waals surface area contributed by atoms with E-state index in [1.165, 1.54) is 11.6 Å². The van der Waals surface area contributed by atoms with E-state index in [2.05, 4.69) is 22.4 Å². The number of esters is 1. The second kappa shape index (κ2) is 8.83. The Bertz CT molecular complexity index is 1010. The van der Waals surface area contributed by atoms with E-state index in [9.17, 15) is 17.8 Å². The van der Waals surface area contributed by atoms with Crippen LogP contribution < -0.4 is 5.32 Å². The lowest BCUT2D eigenvalue weighted by atomic mass is 9.95. The molecule has 0 saturated carbocycles. The van der Waals surface area contributed by atoms with Crippen LogP contribution in [0.1, 0.15) is 60.8 Å². The van der Waals surface area contributed by atoms with Gasteiger partial charge in [0.05, 0.1) is 5.56 Å². The molecule has 2 N–H and O–H groups in total. The molecule has 1 unspecified atom stereocenters. The van der Waals surface area contributed by atoms with Gasteiger partial charge < -0.3 is 10.1 Å². The molecule has 0 saturated heterocycles. The highest BCUT2D eigenvalue weighted by Crippen LogP contribution is 2.25. The van der Waals surface area contributed by atoms with Crippen molar-refractivity contribution in [1.82, 2.24) is 10.3 Å². The fourth-order valence-corrected chi connectivity index (χ4v) is 4.19. The first kappa shape index (κ1) is 22.4. The van der Waals surface area contributed by atoms with E-state index < -0.39 is 26.7 Å². The van der Waals surface area contributed by atoms with E-state index in [1.807, 2.05) is 18.2 Å². The Morgan fingerprint density at radius 3 is 2.60 bits per heavy atom. The molecule has 0 bridgehead atoms. The highest BCUT2D eigenvalue weighted by atomic mass is 32.2. The van der Waals surface area contributed by atoms with Crippen LogP contribution in [-0.4, -0.2) is 35.6 Å². The van der Waals surface area contributed by atoms with E-state index in [-0.39, 0.29) is 11.6 Å². The van der Waals surface area contributed by atoms with Crippen molar-refractivity contribution in [2.75, 3.05) is 0 Å². The average Bonchev–Trinajstić information content (AvgIpc) is 2.65. The van der Waals surface area contributed by atoms with Gasteiger partial charge in [-0.3, -0.25) is 4.55 Å². The number of nitrogens with one attached hydrogen (secondary N) is 1. The maximum absolute atomic E-state index is 12.5. The zero-order valence-corrected chi connectivity index (χ0v) is 18.3. The Morgan fingerprint density at radius 2 is 1.97 bits per heavy atom. The average molecular weight is 433 g/mol. The first-order chi connectivity index (χ1) is 14.0. The summed E-state index contributed by atoms with van der Waals surface area (Å²) >= 11 is 0. The number of aromatic nitrogens is 1. The first-order valence-electron chi connectivity index (χ1n) is 10.0. The molecule has 0 aliphatic carbocycles. The number of hydrogen-bond acceptors (Lipinski definition) is 6. The largest absolute Gasteiger partial charge is 0.456 e. The molecule has 0 amide bonds. The number of fused-ring (bicyclic) bond motifs is 1. The Balaban J connectivity index is 1.76. The van der Waals surface area contributed by atoms with Crippen LogP contribution in [0.25, 0.3) is 0 Å². The molecule has 7 nitrogen and oxygen atoms in total. The molecule has 1 atom stereocenters. The molecule has 2 aromatic rings. The van der Waals surface area contributed by atoms with Crippen LogP contribution in [-0.2, 0) is 34.2 Å². The lowest BCUT2D eigenvalue weighted by Gasteiger charge is -2.27. The number of aryl methyl sites for hydroxylation is 1. The lowest BCUT2D eigenvalue weighted by Crippen LogP contribution is -2.37. The third-order valence-electron chi connectivity index (χ3n) is 4.90. The summed E-state index contributed by atoms with van der Waals surface area (Å²) in [5, 5.41) is 2.79. The molecule has 1 aromatic heterocycles. The van der Waals surface area contributed by atoms with Crippen molar-refractivity contribution in [3.63, 3.8) is 0 Å². The summed E-state index contributed by atoms with van der Waals surface area (Å²) in [6.45, 7) is 5.53. The van der Waals surface area contributed by atoms with Gasteiger partial charge in [0, 0.05) is 24.7 Å². The van der Waals surface area contributed by atoms with Gasteiger partial charge in [-0.25, -0.2) is 9.78 Å². The van der Waals surface area contributed by atoms with Crippen LogP contribution in [0.4, 0.5) is 0 Å². The first-order valence-corrected chi connectivity index (χ1v) is 11.5. The molecule has 0 fully saturated rings. The Hall–Kier alpha value is -2.29. The fraction of sp³-hybridized carbons (Fsp3) is 0.455. The Kier molecular flexibility index (Phi) is 6.59. The molecule has 1 aromatic carbocycles. The van der Waals surface area contributed by atoms with Gasteiger partial charge in [-0.2, -0.15) is 8.42 Å². The minimum Gasteiger partial charge on any atom is -0.456 e. The lowest BCUT2D eigenvalue weighted by molar-refractivity contribution is 0.00635. The SMILES string of the molecule is CC(C)(C)OC(=O)c1cc2c(nc1S(=O)(=O)O)CC(CCCc1ccccc1)NC2. The quantitative estimate of drug-likeness (QED) is 0.533. The van der Waals surface area contributed by atoms with Crippen LogP contribution in [0, 0.1) is 0 Å². The van der Waals surface area contributed by atoms with Gasteiger partial charge in [-0.05, 0) is 57.2 Å². The van der Waals surface area contributed by atoms with Crippen molar-refractivity contribution in [3.05, 3.63) is 58.8 Å². The maximum Gasteiger partial charge on any atom is 0.341 e. The van der Waals surface area contributed by atoms with Crippen molar-refractivity contribution < 1.29 is 22.5 Å². The minimum absolute atomic E-state index is 0.148. The van der Waals surface area contributed by atoms with E-state index >= 15 is 0 Å². The number of pyridine rings is 1. The van der Waals surface area contributed by atoms with Gasteiger partial charge in [-0.15, -0.1) is 0 Å². The number of carbonyl (C=O) groups is 1. The second-order valence-corrected chi connectivity index (χ2v) is 9.92. The van der Waals surface area contributed by atoms with E-state index in [1.54, 1.807) is 20.8 Å². The van der Waals surface area contributed by atoms with Crippen LogP contribution >= 0.6 is 0 Å². The third kappa shape index (κ3) is 5.87. The number of benzene rings is 1. The number of carbonyl (C=O) groups excluding carboxylic acids is 1. The van der Waals surface area contributed by atoms with Gasteiger partial charge in [0.25, 0.3) is 0 Å². The Labute approximate surface area is 177 Å². The monoisotopic (exact) mass is 432 g/mol.